The van der Waals surface area contributed by atoms with Crippen molar-refractivity contribution < 1.29 is 23.2 Å². The van der Waals surface area contributed by atoms with Gasteiger partial charge in [-0.2, -0.15) is 5.10 Å². The molecule has 0 radical (unpaired) electrons. The van der Waals surface area contributed by atoms with Crippen LogP contribution >= 0.6 is 0 Å². The van der Waals surface area contributed by atoms with Crippen LogP contribution in [0.1, 0.15) is 57.2 Å². The first kappa shape index (κ1) is 25.0. The smallest absolute Gasteiger partial charge is 0.273 e. The van der Waals surface area contributed by atoms with E-state index in [1.165, 1.54) is 17.9 Å². The van der Waals surface area contributed by atoms with Gasteiger partial charge in [-0.1, -0.05) is 6.07 Å². The zero-order valence-electron chi connectivity index (χ0n) is 27.2. The van der Waals surface area contributed by atoms with Gasteiger partial charge in [0, 0.05) is 42.2 Å². The van der Waals surface area contributed by atoms with Crippen LogP contribution in [0.5, 0.6) is 5.75 Å². The summed E-state index contributed by atoms with van der Waals surface area (Å²) in [6, 6.07) is 8.34. The van der Waals surface area contributed by atoms with Crippen molar-refractivity contribution in [2.75, 3.05) is 50.9 Å². The summed E-state index contributed by atoms with van der Waals surface area (Å²) in [4.78, 5) is 41.0. The maximum atomic E-state index is 13.3. The van der Waals surface area contributed by atoms with Crippen LogP contribution in [0.15, 0.2) is 30.3 Å². The second-order valence-corrected chi connectivity index (χ2v) is 11.5. The molecule has 43 heavy (non-hydrogen) atoms. The first-order valence-electron chi connectivity index (χ1n) is 15.9. The van der Waals surface area contributed by atoms with Crippen molar-refractivity contribution in [3.8, 4) is 17.0 Å². The number of ether oxygens (including phenoxy) is 1. The molecule has 226 valence electrons. The topological polar surface area (TPSA) is 155 Å². The number of carbonyl (C=O) groups is 3. The Labute approximate surface area is 254 Å². The third-order valence-corrected chi connectivity index (χ3v) is 8.70. The second kappa shape index (κ2) is 11.6. The summed E-state index contributed by atoms with van der Waals surface area (Å²) in [7, 11) is 3.18. The molecule has 2 aromatic heterocycles. The monoisotopic (exact) mass is 590 g/mol. The van der Waals surface area contributed by atoms with Crippen LogP contribution in [0, 0.1) is 11.3 Å². The highest BCUT2D eigenvalue weighted by atomic mass is 16.5. The molecule has 2 bridgehead atoms. The maximum Gasteiger partial charge on any atom is 0.273 e. The van der Waals surface area contributed by atoms with Crippen molar-refractivity contribution in [3.63, 3.8) is 0 Å². The fourth-order valence-electron chi connectivity index (χ4n) is 5.88. The Bertz CT molecular complexity index is 1650. The quantitative estimate of drug-likeness (QED) is 0.279. The Kier molecular flexibility index (Phi) is 6.77. The number of methoxy groups -OCH3 is 1. The minimum atomic E-state index is -2.76. The molecule has 13 nitrogen and oxygen atoms in total. The van der Waals surface area contributed by atoms with Crippen molar-refractivity contribution in [1.82, 2.24) is 35.5 Å². The van der Waals surface area contributed by atoms with Crippen LogP contribution < -0.4 is 26.0 Å². The zero-order chi connectivity index (χ0) is 32.6. The molecule has 5 heterocycles. The average Bonchev–Trinajstić information content (AvgIpc) is 3.81. The molecule has 0 atom stereocenters. The van der Waals surface area contributed by atoms with Crippen molar-refractivity contribution in [1.29, 1.82) is 0 Å². The fraction of sp³-hybridized carbons (Fsp3) is 0.467. The fourth-order valence-corrected chi connectivity index (χ4v) is 5.88. The lowest BCUT2D eigenvalue weighted by Crippen LogP contribution is -2.52. The molecule has 3 aliphatic heterocycles. The van der Waals surface area contributed by atoms with E-state index in [1.54, 1.807) is 31.3 Å². The number of piperidine rings is 3. The number of hydrogen-bond donors (Lipinski definition) is 4. The van der Waals surface area contributed by atoms with Crippen LogP contribution in [0.3, 0.4) is 0 Å². The summed E-state index contributed by atoms with van der Waals surface area (Å²) in [6.45, 7) is 1.10. The molecule has 13 heteroatoms. The molecule has 1 aromatic carbocycles. The summed E-state index contributed by atoms with van der Waals surface area (Å²) in [5.41, 5.74) is 1.80. The molecule has 1 saturated carbocycles. The lowest BCUT2D eigenvalue weighted by Gasteiger charge is -2.48. The normalized spacial score (nSPS) is 22.1. The molecule has 0 unspecified atom stereocenters. The summed E-state index contributed by atoms with van der Waals surface area (Å²) in [5.74, 6) is -1.05. The summed E-state index contributed by atoms with van der Waals surface area (Å²) >= 11 is 0. The minimum absolute atomic E-state index is 0.0901. The molecule has 0 spiro atoms. The van der Waals surface area contributed by atoms with E-state index in [4.69, 9.17) is 8.85 Å². The molecule has 4 aliphatic rings. The molecule has 3 aromatic rings. The number of fused-ring (bicyclic) bond motifs is 3. The average molecular weight is 591 g/mol. The Morgan fingerprint density at radius 2 is 1.84 bits per heavy atom. The lowest BCUT2D eigenvalue weighted by molar-refractivity contribution is -0.117. The third kappa shape index (κ3) is 5.89. The standard InChI is InChI=1S/C30H37N9O4/c1-31-29(42)25-22(16-24(35-36-25)34-27(40)18-7-8-18)33-20-6-4-5-19(26(20)43-3)21-15-23(38(2)37-21)28(41)32-17-30-9-12-39(13-10-30)14-11-30/h4-6,15-16,18H,7-14,17H2,1-3H3,(H,31,42)(H,32,41)(H2,33,34,35,40)/i1D3. The van der Waals surface area contributed by atoms with Gasteiger partial charge in [-0.3, -0.25) is 19.1 Å². The summed E-state index contributed by atoms with van der Waals surface area (Å²) in [6.07, 6.45) is 4.82. The van der Waals surface area contributed by atoms with Crippen LogP contribution in [0.2, 0.25) is 0 Å². The van der Waals surface area contributed by atoms with Gasteiger partial charge in [0.05, 0.1) is 24.2 Å². The van der Waals surface area contributed by atoms with E-state index in [-0.39, 0.29) is 40.3 Å². The van der Waals surface area contributed by atoms with E-state index in [9.17, 15) is 14.4 Å². The predicted molar refractivity (Wildman–Crippen MR) is 160 cm³/mol. The SMILES string of the molecule is [2H]C([2H])([2H])NC(=O)c1nnc(NC(=O)C2CC2)cc1Nc1cccc(-c2cc(C(=O)NCC34CCN(CC3)CC4)n(C)n2)c1OC. The molecule has 7 rings (SSSR count). The van der Waals surface area contributed by atoms with Gasteiger partial charge in [0.1, 0.15) is 5.69 Å². The first-order valence-corrected chi connectivity index (χ1v) is 14.4. The number of carbonyl (C=O) groups excluding carboxylic acids is 3. The van der Waals surface area contributed by atoms with Crippen LogP contribution in [-0.2, 0) is 11.8 Å². The van der Waals surface area contributed by atoms with Gasteiger partial charge in [0.25, 0.3) is 11.8 Å². The number of hydrogen-bond acceptors (Lipinski definition) is 9. The largest absolute Gasteiger partial charge is 0.494 e. The second-order valence-electron chi connectivity index (χ2n) is 11.5. The molecule has 3 amide bonds. The van der Waals surface area contributed by atoms with Crippen molar-refractivity contribution in [3.05, 3.63) is 41.7 Å². The molecule has 4 fully saturated rings. The van der Waals surface area contributed by atoms with Crippen LogP contribution in [0.25, 0.3) is 11.3 Å². The first-order chi connectivity index (χ1) is 21.9. The van der Waals surface area contributed by atoms with Crippen molar-refractivity contribution in [2.45, 2.75) is 32.1 Å². The van der Waals surface area contributed by atoms with E-state index in [2.05, 4.69) is 36.1 Å². The van der Waals surface area contributed by atoms with Crippen molar-refractivity contribution >= 4 is 34.9 Å². The molecule has 1 aliphatic carbocycles. The highest BCUT2D eigenvalue weighted by Gasteiger charge is 2.39. The number of rotatable bonds is 10. The van der Waals surface area contributed by atoms with E-state index in [1.807, 2.05) is 5.32 Å². The Morgan fingerprint density at radius 1 is 1.07 bits per heavy atom. The van der Waals surface area contributed by atoms with Gasteiger partial charge in [-0.25, -0.2) is 0 Å². The number of amides is 3. The lowest BCUT2D eigenvalue weighted by atomic mass is 9.72. The maximum absolute atomic E-state index is 13.3. The highest BCUT2D eigenvalue weighted by molar-refractivity contribution is 6.00. The number of aromatic nitrogens is 4. The van der Waals surface area contributed by atoms with Gasteiger partial charge in [0.2, 0.25) is 5.91 Å². The highest BCUT2D eigenvalue weighted by Crippen LogP contribution is 2.40. The van der Waals surface area contributed by atoms with Gasteiger partial charge >= 0.3 is 0 Å². The van der Waals surface area contributed by atoms with Crippen molar-refractivity contribution in [2.24, 2.45) is 18.4 Å². The number of nitrogens with one attached hydrogen (secondary N) is 4. The molecular formula is C30H37N9O4. The Balaban J connectivity index is 1.26. The van der Waals surface area contributed by atoms with E-state index < -0.39 is 12.9 Å². The minimum Gasteiger partial charge on any atom is -0.494 e. The van der Waals surface area contributed by atoms with Crippen LogP contribution in [-0.4, -0.2) is 82.9 Å². The van der Waals surface area contributed by atoms with E-state index in [0.29, 0.717) is 34.9 Å². The Hall–Kier alpha value is -4.52. The molecule has 4 N–H and O–H groups in total. The zero-order valence-corrected chi connectivity index (χ0v) is 24.2. The van der Waals surface area contributed by atoms with Gasteiger partial charge in [-0.05, 0) is 75.4 Å². The van der Waals surface area contributed by atoms with Gasteiger partial charge < -0.3 is 30.9 Å². The van der Waals surface area contributed by atoms with Crippen LogP contribution in [0.4, 0.5) is 17.2 Å². The van der Waals surface area contributed by atoms with Gasteiger partial charge in [-0.15, -0.1) is 10.2 Å². The summed E-state index contributed by atoms with van der Waals surface area (Å²) < 4.78 is 29.6. The van der Waals surface area contributed by atoms with E-state index >= 15 is 0 Å². The number of anilines is 3. The van der Waals surface area contributed by atoms with E-state index in [0.717, 1.165) is 51.7 Å². The number of nitrogens with zero attached hydrogens (tertiary/aromatic N) is 5. The Morgan fingerprint density at radius 3 is 2.53 bits per heavy atom. The van der Waals surface area contributed by atoms with Gasteiger partial charge in [0.15, 0.2) is 17.3 Å². The number of para-hydroxylation sites is 1. The number of aryl methyl sites for hydroxylation is 1. The third-order valence-electron chi connectivity index (χ3n) is 8.70. The molecule has 3 saturated heterocycles. The summed E-state index contributed by atoms with van der Waals surface area (Å²) in [5, 5.41) is 23.3. The predicted octanol–water partition coefficient (Wildman–Crippen LogP) is 2.55. The molecular weight excluding hydrogens is 550 g/mol. The number of benzene rings is 1.